The van der Waals surface area contributed by atoms with Crippen molar-refractivity contribution in [3.05, 3.63) is 59.2 Å². The Morgan fingerprint density at radius 2 is 1.43 bits per heavy atom. The number of aromatic carboxylic acids is 1. The molecule has 0 aliphatic heterocycles. The van der Waals surface area contributed by atoms with Gasteiger partial charge in [-0.2, -0.15) is 13.2 Å². The SMILES string of the molecule is O=C(O)c1cc(F)c(-c2ccc(C(F)(F)F)cc2)c(F)c1. The lowest BCUT2D eigenvalue weighted by Crippen LogP contribution is -2.04. The quantitative estimate of drug-likeness (QED) is 0.837. The van der Waals surface area contributed by atoms with Crippen molar-refractivity contribution in [3.8, 4) is 11.1 Å². The Kier molecular flexibility index (Phi) is 3.67. The minimum atomic E-state index is -4.55. The Morgan fingerprint density at radius 1 is 0.952 bits per heavy atom. The summed E-state index contributed by atoms with van der Waals surface area (Å²) in [7, 11) is 0. The van der Waals surface area contributed by atoms with E-state index < -0.39 is 40.5 Å². The number of alkyl halides is 3. The zero-order valence-corrected chi connectivity index (χ0v) is 10.2. The molecular weight excluding hydrogens is 295 g/mol. The van der Waals surface area contributed by atoms with Gasteiger partial charge >= 0.3 is 12.1 Å². The molecule has 110 valence electrons. The van der Waals surface area contributed by atoms with Crippen LogP contribution < -0.4 is 0 Å². The lowest BCUT2D eigenvalue weighted by atomic mass is 10.0. The van der Waals surface area contributed by atoms with Crippen molar-refractivity contribution in [2.75, 3.05) is 0 Å². The molecule has 2 aromatic rings. The van der Waals surface area contributed by atoms with E-state index in [4.69, 9.17) is 5.11 Å². The van der Waals surface area contributed by atoms with Gasteiger partial charge in [0, 0.05) is 0 Å². The van der Waals surface area contributed by atoms with E-state index in [0.29, 0.717) is 24.3 Å². The van der Waals surface area contributed by atoms with Gasteiger partial charge in [0.25, 0.3) is 0 Å². The van der Waals surface area contributed by atoms with Gasteiger partial charge in [0.1, 0.15) is 11.6 Å². The second-order valence-corrected chi connectivity index (χ2v) is 4.20. The molecule has 0 aliphatic carbocycles. The van der Waals surface area contributed by atoms with E-state index in [-0.39, 0.29) is 5.56 Å². The summed E-state index contributed by atoms with van der Waals surface area (Å²) in [6.45, 7) is 0. The molecule has 1 N–H and O–H groups in total. The third-order valence-corrected chi connectivity index (χ3v) is 2.79. The third kappa shape index (κ3) is 3.01. The average Bonchev–Trinajstić information content (AvgIpc) is 2.37. The maximum atomic E-state index is 13.8. The van der Waals surface area contributed by atoms with Crippen LogP contribution >= 0.6 is 0 Å². The normalized spacial score (nSPS) is 11.5. The molecule has 7 heteroatoms. The van der Waals surface area contributed by atoms with Gasteiger partial charge in [-0.05, 0) is 29.8 Å². The topological polar surface area (TPSA) is 37.3 Å². The standard InChI is InChI=1S/C14H7F5O2/c15-10-5-8(13(20)21)6-11(16)12(10)7-1-3-9(4-2-7)14(17,18)19/h1-6H,(H,20,21). The summed E-state index contributed by atoms with van der Waals surface area (Å²) in [5.41, 5.74) is -2.22. The van der Waals surface area contributed by atoms with Gasteiger partial charge in [0.05, 0.1) is 16.7 Å². The Balaban J connectivity index is 2.50. The second-order valence-electron chi connectivity index (χ2n) is 4.20. The molecule has 0 aliphatic rings. The molecule has 0 saturated heterocycles. The number of carbonyl (C=O) groups is 1. The number of carboxylic acid groups (broad SMARTS) is 1. The van der Waals surface area contributed by atoms with Crippen molar-refractivity contribution < 1.29 is 31.9 Å². The summed E-state index contributed by atoms with van der Waals surface area (Å²) in [4.78, 5) is 10.6. The van der Waals surface area contributed by atoms with E-state index in [1.807, 2.05) is 0 Å². The Labute approximate surface area is 115 Å². The minimum absolute atomic E-state index is 0.116. The number of hydrogen-bond donors (Lipinski definition) is 1. The highest BCUT2D eigenvalue weighted by molar-refractivity contribution is 5.88. The van der Waals surface area contributed by atoms with Crippen LogP contribution in [0.15, 0.2) is 36.4 Å². The van der Waals surface area contributed by atoms with Crippen molar-refractivity contribution in [2.45, 2.75) is 6.18 Å². The number of halogens is 5. The van der Waals surface area contributed by atoms with Gasteiger partial charge in [-0.25, -0.2) is 13.6 Å². The Morgan fingerprint density at radius 3 is 1.81 bits per heavy atom. The number of hydrogen-bond acceptors (Lipinski definition) is 1. The van der Waals surface area contributed by atoms with Gasteiger partial charge in [-0.1, -0.05) is 12.1 Å². The number of benzene rings is 2. The number of rotatable bonds is 2. The van der Waals surface area contributed by atoms with Gasteiger partial charge < -0.3 is 5.11 Å². The first-order valence-corrected chi connectivity index (χ1v) is 5.60. The molecule has 2 aromatic carbocycles. The van der Waals surface area contributed by atoms with Crippen molar-refractivity contribution in [3.63, 3.8) is 0 Å². The van der Waals surface area contributed by atoms with Gasteiger partial charge in [0.2, 0.25) is 0 Å². The van der Waals surface area contributed by atoms with Crippen LogP contribution in [0.2, 0.25) is 0 Å². The average molecular weight is 302 g/mol. The second kappa shape index (κ2) is 5.16. The first-order valence-electron chi connectivity index (χ1n) is 5.60. The zero-order valence-electron chi connectivity index (χ0n) is 10.2. The van der Waals surface area contributed by atoms with Crippen LogP contribution in [0.4, 0.5) is 22.0 Å². The molecule has 0 atom stereocenters. The highest BCUT2D eigenvalue weighted by Gasteiger charge is 2.30. The van der Waals surface area contributed by atoms with Gasteiger partial charge in [-0.3, -0.25) is 0 Å². The summed E-state index contributed by atoms with van der Waals surface area (Å²) in [5.74, 6) is -3.83. The van der Waals surface area contributed by atoms with E-state index in [1.165, 1.54) is 0 Å². The Hall–Kier alpha value is -2.44. The highest BCUT2D eigenvalue weighted by atomic mass is 19.4. The molecule has 0 heterocycles. The smallest absolute Gasteiger partial charge is 0.416 e. The molecule has 0 radical (unpaired) electrons. The molecule has 0 unspecified atom stereocenters. The summed E-state index contributed by atoms with van der Waals surface area (Å²) in [6, 6.07) is 4.45. The molecule has 0 saturated carbocycles. The van der Waals surface area contributed by atoms with Crippen LogP contribution in [0.1, 0.15) is 15.9 Å². The molecule has 2 rings (SSSR count). The van der Waals surface area contributed by atoms with Crippen molar-refractivity contribution >= 4 is 5.97 Å². The van der Waals surface area contributed by atoms with Crippen molar-refractivity contribution in [2.24, 2.45) is 0 Å². The minimum Gasteiger partial charge on any atom is -0.478 e. The molecule has 0 aromatic heterocycles. The molecule has 0 fully saturated rings. The predicted molar refractivity (Wildman–Crippen MR) is 63.8 cm³/mol. The molecule has 2 nitrogen and oxygen atoms in total. The fourth-order valence-electron chi connectivity index (χ4n) is 1.80. The summed E-state index contributed by atoms with van der Waals surface area (Å²) in [5, 5.41) is 8.66. The molecule has 0 amide bonds. The van der Waals surface area contributed by atoms with Crippen LogP contribution in [-0.2, 0) is 6.18 Å². The van der Waals surface area contributed by atoms with E-state index in [1.54, 1.807) is 0 Å². The summed E-state index contributed by atoms with van der Waals surface area (Å²) >= 11 is 0. The largest absolute Gasteiger partial charge is 0.478 e. The Bertz CT molecular complexity index is 666. The zero-order chi connectivity index (χ0) is 15.8. The van der Waals surface area contributed by atoms with E-state index in [9.17, 15) is 26.7 Å². The van der Waals surface area contributed by atoms with Crippen molar-refractivity contribution in [1.29, 1.82) is 0 Å². The molecule has 21 heavy (non-hydrogen) atoms. The van der Waals surface area contributed by atoms with Crippen molar-refractivity contribution in [1.82, 2.24) is 0 Å². The summed E-state index contributed by atoms with van der Waals surface area (Å²) in [6.07, 6.45) is -4.55. The van der Waals surface area contributed by atoms with Crippen LogP contribution in [-0.4, -0.2) is 11.1 Å². The monoisotopic (exact) mass is 302 g/mol. The molecule has 0 bridgehead atoms. The number of carboxylic acids is 1. The van der Waals surface area contributed by atoms with E-state index in [2.05, 4.69) is 0 Å². The van der Waals surface area contributed by atoms with Crippen LogP contribution in [0.5, 0.6) is 0 Å². The van der Waals surface area contributed by atoms with Crippen LogP contribution in [0, 0.1) is 11.6 Å². The lowest BCUT2D eigenvalue weighted by molar-refractivity contribution is -0.137. The van der Waals surface area contributed by atoms with E-state index >= 15 is 0 Å². The first-order chi connectivity index (χ1) is 9.70. The lowest BCUT2D eigenvalue weighted by Gasteiger charge is -2.09. The fourth-order valence-corrected chi connectivity index (χ4v) is 1.80. The first kappa shape index (κ1) is 15.0. The van der Waals surface area contributed by atoms with E-state index in [0.717, 1.165) is 12.1 Å². The molecular formula is C14H7F5O2. The van der Waals surface area contributed by atoms with Gasteiger partial charge in [0.15, 0.2) is 0 Å². The van der Waals surface area contributed by atoms with Crippen LogP contribution in [0.3, 0.4) is 0 Å². The summed E-state index contributed by atoms with van der Waals surface area (Å²) < 4.78 is 64.8. The maximum absolute atomic E-state index is 13.8. The third-order valence-electron chi connectivity index (χ3n) is 2.79. The highest BCUT2D eigenvalue weighted by Crippen LogP contribution is 2.32. The van der Waals surface area contributed by atoms with Gasteiger partial charge in [-0.15, -0.1) is 0 Å². The molecule has 0 spiro atoms. The van der Waals surface area contributed by atoms with Crippen LogP contribution in [0.25, 0.3) is 11.1 Å². The maximum Gasteiger partial charge on any atom is 0.416 e. The predicted octanol–water partition coefficient (Wildman–Crippen LogP) is 4.35. The fraction of sp³-hybridized carbons (Fsp3) is 0.0714.